The van der Waals surface area contributed by atoms with Crippen molar-refractivity contribution in [2.75, 3.05) is 6.54 Å². The van der Waals surface area contributed by atoms with Crippen LogP contribution in [0.4, 0.5) is 0 Å². The molecule has 0 spiro atoms. The van der Waals surface area contributed by atoms with Gasteiger partial charge in [-0.15, -0.1) is 15.9 Å². The molecule has 164 valence electrons. The van der Waals surface area contributed by atoms with Gasteiger partial charge in [0, 0.05) is 25.7 Å². The van der Waals surface area contributed by atoms with Crippen LogP contribution in [0.1, 0.15) is 51.5 Å². The lowest BCUT2D eigenvalue weighted by Gasteiger charge is -2.36. The van der Waals surface area contributed by atoms with Crippen LogP contribution in [-0.4, -0.2) is 42.1 Å². The highest BCUT2D eigenvalue weighted by Gasteiger charge is 2.50. The molecule has 2 aliphatic rings. The van der Waals surface area contributed by atoms with Gasteiger partial charge in [0.15, 0.2) is 0 Å². The van der Waals surface area contributed by atoms with Crippen molar-refractivity contribution in [3.8, 4) is 11.5 Å². The molecule has 0 saturated heterocycles. The van der Waals surface area contributed by atoms with Gasteiger partial charge in [0.05, 0.1) is 34.1 Å². The molecule has 0 saturated carbocycles. The largest absolute Gasteiger partial charge is 0.392 e. The highest BCUT2D eigenvalue weighted by molar-refractivity contribution is 7.18. The third-order valence-electron chi connectivity index (χ3n) is 6.41. The van der Waals surface area contributed by atoms with Crippen LogP contribution in [0.25, 0.3) is 21.7 Å². The topological polar surface area (TPSA) is 96.7 Å². The average molecular weight is 459 g/mol. The molecular weight excluding hydrogens is 438 g/mol. The number of aromatic nitrogens is 6. The monoisotopic (exact) mass is 458 g/mol. The van der Waals surface area contributed by atoms with Gasteiger partial charge < -0.3 is 14.3 Å². The number of hydrogen-bond acceptors (Lipinski definition) is 6. The highest BCUT2D eigenvalue weighted by atomic mass is 32.1. The van der Waals surface area contributed by atoms with Gasteiger partial charge in [-0.3, -0.25) is 9.48 Å². The zero-order valence-electron chi connectivity index (χ0n) is 18.0. The van der Waals surface area contributed by atoms with E-state index in [1.165, 1.54) is 0 Å². The van der Waals surface area contributed by atoms with Crippen LogP contribution in [0.15, 0.2) is 47.4 Å². The molecule has 6 heterocycles. The van der Waals surface area contributed by atoms with Crippen molar-refractivity contribution in [2.45, 2.75) is 25.4 Å². The number of nitrogens with one attached hydrogen (secondary N) is 1. The molecule has 0 radical (unpaired) electrons. The number of benzene rings is 1. The summed E-state index contributed by atoms with van der Waals surface area (Å²) in [6.45, 7) is 3.34. The minimum absolute atomic E-state index is 0.102. The van der Waals surface area contributed by atoms with Crippen molar-refractivity contribution < 1.29 is 13.8 Å². The zero-order chi connectivity index (χ0) is 22.3. The van der Waals surface area contributed by atoms with Crippen molar-refractivity contribution in [3.63, 3.8) is 0 Å². The number of para-hydroxylation sites is 1. The van der Waals surface area contributed by atoms with Gasteiger partial charge >= 0.3 is 5.89 Å². The van der Waals surface area contributed by atoms with Gasteiger partial charge in [-0.1, -0.05) is 19.1 Å². The van der Waals surface area contributed by atoms with E-state index < -0.39 is 0 Å². The smallest absolute Gasteiger partial charge is 0.385 e. The van der Waals surface area contributed by atoms with Crippen molar-refractivity contribution in [1.29, 1.82) is 0 Å². The number of imidazole rings is 1. The molecule has 33 heavy (non-hydrogen) atoms. The maximum Gasteiger partial charge on any atom is 0.385 e. The maximum absolute atomic E-state index is 13.9. The molecule has 2 atom stereocenters. The number of oxazole rings is 1. The molecule has 2 aliphatic heterocycles. The fourth-order valence-corrected chi connectivity index (χ4v) is 5.88. The molecule has 5 aromatic rings. The lowest BCUT2D eigenvalue weighted by atomic mass is 9.94. The molecule has 0 unspecified atom stereocenters. The lowest BCUT2D eigenvalue weighted by molar-refractivity contribution is -0.566. The van der Waals surface area contributed by atoms with Gasteiger partial charge in [-0.2, -0.15) is 5.10 Å². The van der Waals surface area contributed by atoms with Gasteiger partial charge in [-0.05, 0) is 12.1 Å². The molecule has 4 aromatic heterocycles. The Bertz CT molecular complexity index is 1520. The Morgan fingerprint density at radius 1 is 1.33 bits per heavy atom. The first-order valence-electron chi connectivity index (χ1n) is 10.8. The molecule has 1 N–H and O–H groups in total. The first kappa shape index (κ1) is 18.8. The van der Waals surface area contributed by atoms with E-state index in [1.54, 1.807) is 28.5 Å². The van der Waals surface area contributed by atoms with Gasteiger partial charge in [0.2, 0.25) is 6.54 Å². The van der Waals surface area contributed by atoms with Crippen LogP contribution in [-0.2, 0) is 13.6 Å². The average Bonchev–Trinajstić information content (AvgIpc) is 3.26. The Labute approximate surface area is 192 Å². The molecule has 10 heteroatoms. The van der Waals surface area contributed by atoms with E-state index >= 15 is 0 Å². The molecule has 0 aliphatic carbocycles. The Morgan fingerprint density at radius 3 is 3.03 bits per heavy atom. The summed E-state index contributed by atoms with van der Waals surface area (Å²) in [4.78, 5) is 28.5. The standard InChI is InChI=1S/C23H20N7O2S/c1-12-8-30(22(31)20-15-10-29(15)23(32-20)13-7-26-28(2)9-13)19(18-17(12)24-11-25-18)21-27-14-5-3-4-6-16(14)33-21/h3-7,9,11-12,19H,8,10H2,1-2H3,(H,24,25)/q+1/t12-,19+/m1/s1. The first-order chi connectivity index (χ1) is 16.1. The van der Waals surface area contributed by atoms with Gasteiger partial charge in [0.1, 0.15) is 16.6 Å². The Balaban J connectivity index is 1.33. The highest BCUT2D eigenvalue weighted by Crippen LogP contribution is 2.42. The van der Waals surface area contributed by atoms with E-state index in [0.717, 1.165) is 37.9 Å². The Kier molecular flexibility index (Phi) is 3.76. The molecule has 0 fully saturated rings. The Morgan fingerprint density at radius 2 is 2.21 bits per heavy atom. The normalized spacial score (nSPS) is 19.0. The van der Waals surface area contributed by atoms with E-state index in [-0.39, 0.29) is 17.9 Å². The van der Waals surface area contributed by atoms with Crippen LogP contribution < -0.4 is 4.57 Å². The summed E-state index contributed by atoms with van der Waals surface area (Å²) < 4.78 is 11.0. The minimum Gasteiger partial charge on any atom is -0.392 e. The number of thiazole rings is 1. The third-order valence-corrected chi connectivity index (χ3v) is 7.50. The molecule has 0 bridgehead atoms. The second kappa shape index (κ2) is 6.61. The summed E-state index contributed by atoms with van der Waals surface area (Å²) in [6, 6.07) is 7.71. The Hall–Kier alpha value is -3.79. The van der Waals surface area contributed by atoms with Crippen LogP contribution in [0.3, 0.4) is 0 Å². The minimum atomic E-state index is -0.338. The summed E-state index contributed by atoms with van der Waals surface area (Å²) in [7, 11) is 1.86. The molecule has 9 nitrogen and oxygen atoms in total. The number of aromatic amines is 1. The first-order valence-corrected chi connectivity index (χ1v) is 11.6. The number of rotatable bonds is 3. The third kappa shape index (κ3) is 2.73. The van der Waals surface area contributed by atoms with Crippen molar-refractivity contribution in [2.24, 2.45) is 7.05 Å². The zero-order valence-corrected chi connectivity index (χ0v) is 18.8. The van der Waals surface area contributed by atoms with Gasteiger partial charge in [0.25, 0.3) is 17.4 Å². The molecule has 1 amide bonds. The van der Waals surface area contributed by atoms with Crippen molar-refractivity contribution in [1.82, 2.24) is 29.6 Å². The predicted molar refractivity (Wildman–Crippen MR) is 120 cm³/mol. The number of nitrogens with zero attached hydrogens (tertiary/aromatic N) is 6. The summed E-state index contributed by atoms with van der Waals surface area (Å²) in [5, 5.41) is 5.10. The van der Waals surface area contributed by atoms with Crippen LogP contribution in [0.2, 0.25) is 0 Å². The van der Waals surface area contributed by atoms with E-state index in [9.17, 15) is 4.79 Å². The number of H-pyrrole nitrogens is 1. The van der Waals surface area contributed by atoms with Crippen LogP contribution >= 0.6 is 11.3 Å². The summed E-state index contributed by atoms with van der Waals surface area (Å²) in [6.07, 6.45) is 5.35. The van der Waals surface area contributed by atoms with Gasteiger partial charge in [-0.25, -0.2) is 9.97 Å². The second-order valence-electron chi connectivity index (χ2n) is 8.65. The van der Waals surface area contributed by atoms with Crippen molar-refractivity contribution >= 4 is 27.5 Å². The maximum atomic E-state index is 13.9. The number of aryl methyl sites for hydroxylation is 1. The summed E-state index contributed by atoms with van der Waals surface area (Å²) in [5.41, 5.74) is 4.63. The number of amides is 1. The van der Waals surface area contributed by atoms with Crippen molar-refractivity contribution in [3.05, 3.63) is 70.8 Å². The van der Waals surface area contributed by atoms with Crippen LogP contribution in [0.5, 0.6) is 0 Å². The summed E-state index contributed by atoms with van der Waals surface area (Å²) in [5.74, 6) is 1.05. The molecular formula is C23H20N7O2S+. The number of hydrogen-bond donors (Lipinski definition) is 1. The van der Waals surface area contributed by atoms with E-state index in [4.69, 9.17) is 9.40 Å². The molecule has 7 rings (SSSR count). The number of carbonyl (C=O) groups excluding carboxylic acids is 1. The van der Waals surface area contributed by atoms with Crippen LogP contribution in [0, 0.1) is 0 Å². The number of carbonyl (C=O) groups is 1. The fourth-order valence-electron chi connectivity index (χ4n) is 4.79. The molecule has 1 aromatic carbocycles. The quantitative estimate of drug-likeness (QED) is 0.411. The van der Waals surface area contributed by atoms with E-state index in [0.29, 0.717) is 24.7 Å². The van der Waals surface area contributed by atoms with E-state index in [2.05, 4.69) is 28.1 Å². The van der Waals surface area contributed by atoms with E-state index in [1.807, 2.05) is 40.9 Å². The second-order valence-corrected chi connectivity index (χ2v) is 9.72. The SMILES string of the molecule is C[C@@H]1CN(C(=O)c2oc(-c3cnn(C)c3)[n+]3c2C3)[C@H](c2nc3ccccc3s2)c2[nH]cnc21. The number of fused-ring (bicyclic) bond motifs is 3. The lowest BCUT2D eigenvalue weighted by Crippen LogP contribution is -2.42. The predicted octanol–water partition coefficient (Wildman–Crippen LogP) is 3.01. The fraction of sp³-hybridized carbons (Fsp3) is 0.261. The summed E-state index contributed by atoms with van der Waals surface area (Å²) >= 11 is 1.61.